The summed E-state index contributed by atoms with van der Waals surface area (Å²) in [6.07, 6.45) is -3.08. The summed E-state index contributed by atoms with van der Waals surface area (Å²) in [5.41, 5.74) is 0. The molecule has 0 aliphatic rings. The van der Waals surface area contributed by atoms with Gasteiger partial charge >= 0.3 is 6.18 Å². The summed E-state index contributed by atoms with van der Waals surface area (Å²) in [6, 6.07) is 1.35. The maximum absolute atomic E-state index is 12.5. The third-order valence-electron chi connectivity index (χ3n) is 1.93. The summed E-state index contributed by atoms with van der Waals surface area (Å²) < 4.78 is 48.3. The molecule has 0 aliphatic heterocycles. The normalized spacial score (nSPS) is 13.2. The molecule has 0 aliphatic carbocycles. The number of hydrogen-bond acceptors (Lipinski definition) is 5. The smallest absolute Gasteiger partial charge is 0.373 e. The second kappa shape index (κ2) is 5.98. The molecule has 1 atom stereocenters. The highest BCUT2D eigenvalue weighted by Crippen LogP contribution is 2.28. The average Bonchev–Trinajstić information content (AvgIpc) is 2.27. The Morgan fingerprint density at radius 2 is 1.94 bits per heavy atom. The van der Waals surface area contributed by atoms with Crippen molar-refractivity contribution in [3.63, 3.8) is 0 Å². The van der Waals surface area contributed by atoms with Gasteiger partial charge in [0.25, 0.3) is 0 Å². The monoisotopic (exact) mass is 282 g/mol. The summed E-state index contributed by atoms with van der Waals surface area (Å²) in [5.74, 6) is -0.765. The zero-order valence-electron chi connectivity index (χ0n) is 9.84. The van der Waals surface area contributed by atoms with Gasteiger partial charge in [-0.1, -0.05) is 0 Å². The van der Waals surface area contributed by atoms with Gasteiger partial charge in [-0.15, -0.1) is 0 Å². The molecule has 1 aromatic rings. The number of halogens is 3. The molecule has 0 bridgehead atoms. The SMILES string of the molecule is CNc1cc(NCCS(C)=O)nc(C(F)(F)F)n1. The first-order valence-corrected chi connectivity index (χ1v) is 6.73. The van der Waals surface area contributed by atoms with E-state index in [2.05, 4.69) is 20.6 Å². The van der Waals surface area contributed by atoms with Crippen molar-refractivity contribution >= 4 is 22.4 Å². The highest BCUT2D eigenvalue weighted by Gasteiger charge is 2.35. The molecule has 1 heterocycles. The van der Waals surface area contributed by atoms with Crippen molar-refractivity contribution in [1.82, 2.24) is 9.97 Å². The van der Waals surface area contributed by atoms with Crippen molar-refractivity contribution in [2.24, 2.45) is 0 Å². The van der Waals surface area contributed by atoms with Crippen molar-refractivity contribution in [3.8, 4) is 0 Å². The van der Waals surface area contributed by atoms with Gasteiger partial charge in [-0.05, 0) is 0 Å². The number of alkyl halides is 3. The van der Waals surface area contributed by atoms with E-state index in [1.807, 2.05) is 0 Å². The Bertz CT molecular complexity index is 438. The molecule has 0 saturated carbocycles. The lowest BCUT2D eigenvalue weighted by atomic mass is 10.4. The predicted molar refractivity (Wildman–Crippen MR) is 64.0 cm³/mol. The fourth-order valence-corrected chi connectivity index (χ4v) is 1.50. The molecule has 0 fully saturated rings. The molecule has 9 heteroatoms. The van der Waals surface area contributed by atoms with Gasteiger partial charge in [0.1, 0.15) is 11.6 Å². The topological polar surface area (TPSA) is 66.9 Å². The lowest BCUT2D eigenvalue weighted by Gasteiger charge is -2.11. The zero-order chi connectivity index (χ0) is 13.8. The van der Waals surface area contributed by atoms with E-state index in [0.29, 0.717) is 5.75 Å². The van der Waals surface area contributed by atoms with E-state index >= 15 is 0 Å². The van der Waals surface area contributed by atoms with Crippen LogP contribution in [-0.2, 0) is 17.0 Å². The van der Waals surface area contributed by atoms with Gasteiger partial charge in [0.05, 0.1) is 0 Å². The number of nitrogens with one attached hydrogen (secondary N) is 2. The van der Waals surface area contributed by atoms with Crippen LogP contribution in [0.2, 0.25) is 0 Å². The number of anilines is 2. The molecule has 5 nitrogen and oxygen atoms in total. The quantitative estimate of drug-likeness (QED) is 0.853. The van der Waals surface area contributed by atoms with Crippen LogP contribution in [0.5, 0.6) is 0 Å². The Kier molecular flexibility index (Phi) is 4.88. The summed E-state index contributed by atoms with van der Waals surface area (Å²) in [5, 5.41) is 5.21. The van der Waals surface area contributed by atoms with Crippen molar-refractivity contribution < 1.29 is 17.4 Å². The van der Waals surface area contributed by atoms with Crippen molar-refractivity contribution in [2.75, 3.05) is 36.2 Å². The Hall–Kier alpha value is -1.38. The molecule has 18 heavy (non-hydrogen) atoms. The third kappa shape index (κ3) is 4.47. The van der Waals surface area contributed by atoms with Crippen LogP contribution in [0.15, 0.2) is 6.07 Å². The zero-order valence-corrected chi connectivity index (χ0v) is 10.7. The molecule has 2 N–H and O–H groups in total. The summed E-state index contributed by atoms with van der Waals surface area (Å²) in [7, 11) is 0.453. The molecule has 0 amide bonds. The van der Waals surface area contributed by atoms with E-state index in [4.69, 9.17) is 0 Å². The highest BCUT2D eigenvalue weighted by atomic mass is 32.2. The van der Waals surface area contributed by atoms with E-state index in [-0.39, 0.29) is 18.2 Å². The second-order valence-electron chi connectivity index (χ2n) is 3.41. The van der Waals surface area contributed by atoms with Crippen molar-refractivity contribution in [2.45, 2.75) is 6.18 Å². The largest absolute Gasteiger partial charge is 0.451 e. The molecule has 1 rings (SSSR count). The Labute approximate surface area is 105 Å². The van der Waals surface area contributed by atoms with Crippen molar-refractivity contribution in [3.05, 3.63) is 11.9 Å². The van der Waals surface area contributed by atoms with Gasteiger partial charge < -0.3 is 10.6 Å². The second-order valence-corrected chi connectivity index (χ2v) is 4.97. The highest BCUT2D eigenvalue weighted by molar-refractivity contribution is 7.84. The first-order chi connectivity index (χ1) is 8.32. The molecular formula is C9H13F3N4OS. The van der Waals surface area contributed by atoms with E-state index in [0.717, 1.165) is 0 Å². The van der Waals surface area contributed by atoms with Gasteiger partial charge in [-0.3, -0.25) is 4.21 Å². The maximum Gasteiger partial charge on any atom is 0.451 e. The minimum atomic E-state index is -4.60. The number of hydrogen-bond donors (Lipinski definition) is 2. The number of nitrogens with zero attached hydrogens (tertiary/aromatic N) is 2. The fraction of sp³-hybridized carbons (Fsp3) is 0.556. The molecule has 0 spiro atoms. The molecule has 0 radical (unpaired) electrons. The Morgan fingerprint density at radius 1 is 1.33 bits per heavy atom. The Morgan fingerprint density at radius 3 is 2.44 bits per heavy atom. The summed E-state index contributed by atoms with van der Waals surface area (Å²) in [4.78, 5) is 6.68. The molecule has 1 unspecified atom stereocenters. The fourth-order valence-electron chi connectivity index (χ4n) is 1.12. The van der Waals surface area contributed by atoms with Crippen LogP contribution >= 0.6 is 0 Å². The van der Waals surface area contributed by atoms with Gasteiger partial charge in [0, 0.05) is 42.5 Å². The molecule has 0 aromatic carbocycles. The van der Waals surface area contributed by atoms with Crippen LogP contribution in [0.25, 0.3) is 0 Å². The van der Waals surface area contributed by atoms with Crippen LogP contribution < -0.4 is 10.6 Å². The lowest BCUT2D eigenvalue weighted by Crippen LogP contribution is -2.16. The maximum atomic E-state index is 12.5. The summed E-state index contributed by atoms with van der Waals surface area (Å²) >= 11 is 0. The van der Waals surface area contributed by atoms with Gasteiger partial charge in [-0.2, -0.15) is 13.2 Å². The average molecular weight is 282 g/mol. The van der Waals surface area contributed by atoms with Crippen LogP contribution in [0.3, 0.4) is 0 Å². The van der Waals surface area contributed by atoms with Gasteiger partial charge in [0.2, 0.25) is 5.82 Å². The van der Waals surface area contributed by atoms with Gasteiger partial charge in [0.15, 0.2) is 0 Å². The Balaban J connectivity index is 2.87. The first-order valence-electron chi connectivity index (χ1n) is 5.01. The summed E-state index contributed by atoms with van der Waals surface area (Å²) in [6.45, 7) is 0.278. The van der Waals surface area contributed by atoms with Crippen LogP contribution in [0.1, 0.15) is 5.82 Å². The number of rotatable bonds is 5. The molecular weight excluding hydrogens is 269 g/mol. The van der Waals surface area contributed by atoms with Crippen molar-refractivity contribution in [1.29, 1.82) is 0 Å². The van der Waals surface area contributed by atoms with E-state index in [9.17, 15) is 17.4 Å². The van der Waals surface area contributed by atoms with Gasteiger partial charge in [-0.25, -0.2) is 9.97 Å². The number of aromatic nitrogens is 2. The van der Waals surface area contributed by atoms with Crippen LogP contribution in [0.4, 0.5) is 24.8 Å². The molecule has 1 aromatic heterocycles. The predicted octanol–water partition coefficient (Wildman–Crippen LogP) is 1.33. The van der Waals surface area contributed by atoms with E-state index in [1.54, 1.807) is 0 Å². The lowest BCUT2D eigenvalue weighted by molar-refractivity contribution is -0.144. The minimum Gasteiger partial charge on any atom is -0.373 e. The van der Waals surface area contributed by atoms with E-state index < -0.39 is 22.8 Å². The third-order valence-corrected chi connectivity index (χ3v) is 2.71. The molecule has 0 saturated heterocycles. The van der Waals surface area contributed by atoms with E-state index in [1.165, 1.54) is 19.4 Å². The standard InChI is InChI=1S/C9H13F3N4OS/c1-13-6-5-7(14-3-4-18(2)17)16-8(15-6)9(10,11)12/h5H,3-4H2,1-2H3,(H2,13,14,15,16). The minimum absolute atomic E-state index is 0.0483. The van der Waals surface area contributed by atoms with Crippen LogP contribution in [0, 0.1) is 0 Å². The first kappa shape index (κ1) is 14.7. The molecule has 102 valence electrons. The van der Waals surface area contributed by atoms with Crippen LogP contribution in [-0.4, -0.2) is 39.8 Å².